The van der Waals surface area contributed by atoms with Crippen molar-refractivity contribution >= 4 is 29.1 Å². The molecule has 2 aromatic carbocycles. The maximum Gasteiger partial charge on any atom is 0.409 e. The summed E-state index contributed by atoms with van der Waals surface area (Å²) in [7, 11) is 0. The first-order chi connectivity index (χ1) is 13.9. The molecule has 1 heterocycles. The number of nitrogens with one attached hydrogen (secondary N) is 1. The van der Waals surface area contributed by atoms with Gasteiger partial charge in [-0.15, -0.1) is 5.10 Å². The lowest BCUT2D eigenvalue weighted by Crippen LogP contribution is -2.38. The van der Waals surface area contributed by atoms with Crippen LogP contribution in [0.1, 0.15) is 11.7 Å². The van der Waals surface area contributed by atoms with Gasteiger partial charge in [0, 0.05) is 0 Å². The zero-order chi connectivity index (χ0) is 21.2. The van der Waals surface area contributed by atoms with Gasteiger partial charge in [-0.2, -0.15) is 0 Å². The van der Waals surface area contributed by atoms with E-state index in [1.165, 1.54) is 0 Å². The van der Waals surface area contributed by atoms with Crippen molar-refractivity contribution in [3.63, 3.8) is 0 Å². The molecule has 3 rings (SSSR count). The van der Waals surface area contributed by atoms with Gasteiger partial charge in [-0.1, -0.05) is 47.7 Å². The Morgan fingerprint density at radius 1 is 1.03 bits per heavy atom. The van der Waals surface area contributed by atoms with Crippen LogP contribution in [0.5, 0.6) is 0 Å². The summed E-state index contributed by atoms with van der Waals surface area (Å²) in [5.41, 5.74) is 1.82. The molecule has 0 aliphatic rings. The van der Waals surface area contributed by atoms with Crippen molar-refractivity contribution in [1.82, 2.24) is 20.3 Å². The SMILES string of the molecule is O.O=C(NC(C(=O)O)n1nnc2ccccc21)OCc1ccccc1.O=C(O)CO. The van der Waals surface area contributed by atoms with E-state index in [4.69, 9.17) is 19.7 Å². The van der Waals surface area contributed by atoms with Crippen LogP contribution < -0.4 is 5.32 Å². The van der Waals surface area contributed by atoms with Crippen LogP contribution in [0.25, 0.3) is 11.0 Å². The predicted molar refractivity (Wildman–Crippen MR) is 102 cm³/mol. The van der Waals surface area contributed by atoms with E-state index in [2.05, 4.69) is 15.6 Å². The second-order valence-corrected chi connectivity index (χ2v) is 5.52. The molecule has 12 nitrogen and oxygen atoms in total. The predicted octanol–water partition coefficient (Wildman–Crippen LogP) is 0.179. The van der Waals surface area contributed by atoms with Gasteiger partial charge in [-0.05, 0) is 17.7 Å². The number of aliphatic hydroxyl groups is 1. The highest BCUT2D eigenvalue weighted by Crippen LogP contribution is 2.14. The third-order valence-electron chi connectivity index (χ3n) is 3.46. The Hall–Kier alpha value is -4.03. The van der Waals surface area contributed by atoms with E-state index in [0.29, 0.717) is 11.0 Å². The topological polar surface area (TPSA) is 195 Å². The van der Waals surface area contributed by atoms with E-state index in [1.54, 1.807) is 36.4 Å². The number of carbonyl (C=O) groups excluding carboxylic acids is 1. The number of carboxylic acids is 2. The van der Waals surface area contributed by atoms with Gasteiger partial charge in [-0.3, -0.25) is 5.32 Å². The van der Waals surface area contributed by atoms with E-state index in [9.17, 15) is 14.7 Å². The molecule has 0 saturated carbocycles. The number of aliphatic hydroxyl groups excluding tert-OH is 1. The molecule has 30 heavy (non-hydrogen) atoms. The number of para-hydroxylation sites is 1. The molecule has 160 valence electrons. The summed E-state index contributed by atoms with van der Waals surface area (Å²) in [6, 6.07) is 15.9. The van der Waals surface area contributed by atoms with Crippen molar-refractivity contribution in [2.45, 2.75) is 12.8 Å². The lowest BCUT2D eigenvalue weighted by atomic mass is 10.2. The van der Waals surface area contributed by atoms with Gasteiger partial charge in [0.2, 0.25) is 6.17 Å². The van der Waals surface area contributed by atoms with Crippen LogP contribution in [-0.4, -0.2) is 60.4 Å². The van der Waals surface area contributed by atoms with Gasteiger partial charge in [0.1, 0.15) is 18.7 Å². The molecule has 0 fully saturated rings. The van der Waals surface area contributed by atoms with E-state index >= 15 is 0 Å². The van der Waals surface area contributed by atoms with Crippen molar-refractivity contribution < 1.29 is 39.9 Å². The van der Waals surface area contributed by atoms with E-state index in [0.717, 1.165) is 10.2 Å². The summed E-state index contributed by atoms with van der Waals surface area (Å²) in [5.74, 6) is -2.47. The van der Waals surface area contributed by atoms with Crippen LogP contribution in [0.15, 0.2) is 54.6 Å². The Labute approximate surface area is 169 Å². The zero-order valence-corrected chi connectivity index (χ0v) is 15.5. The largest absolute Gasteiger partial charge is 0.480 e. The maximum absolute atomic E-state index is 11.9. The Kier molecular flexibility index (Phi) is 9.39. The first-order valence-corrected chi connectivity index (χ1v) is 8.25. The van der Waals surface area contributed by atoms with Crippen LogP contribution >= 0.6 is 0 Å². The molecule has 6 N–H and O–H groups in total. The molecule has 3 aromatic rings. The molecule has 1 atom stereocenters. The number of hydrogen-bond donors (Lipinski definition) is 4. The number of fused-ring (bicyclic) bond motifs is 1. The Morgan fingerprint density at radius 2 is 1.63 bits per heavy atom. The first-order valence-electron chi connectivity index (χ1n) is 8.25. The number of rotatable bonds is 6. The number of aliphatic carboxylic acids is 2. The number of alkyl carbamates (subject to hydrolysis) is 1. The van der Waals surface area contributed by atoms with E-state index in [1.807, 2.05) is 18.2 Å². The molecule has 0 radical (unpaired) electrons. The third-order valence-corrected chi connectivity index (χ3v) is 3.46. The Bertz CT molecular complexity index is 976. The zero-order valence-electron chi connectivity index (χ0n) is 15.5. The van der Waals surface area contributed by atoms with Crippen LogP contribution in [0.4, 0.5) is 4.79 Å². The summed E-state index contributed by atoms with van der Waals surface area (Å²) < 4.78 is 6.17. The fourth-order valence-electron chi connectivity index (χ4n) is 2.18. The van der Waals surface area contributed by atoms with Crippen LogP contribution in [0.2, 0.25) is 0 Å². The molecule has 0 spiro atoms. The summed E-state index contributed by atoms with van der Waals surface area (Å²) >= 11 is 0. The van der Waals surface area contributed by atoms with Crippen molar-refractivity contribution in [2.75, 3.05) is 6.61 Å². The van der Waals surface area contributed by atoms with Gasteiger partial charge in [0.15, 0.2) is 0 Å². The number of aromatic nitrogens is 3. The molecule has 0 aliphatic heterocycles. The summed E-state index contributed by atoms with van der Waals surface area (Å²) in [5, 5.41) is 34.4. The number of carbonyl (C=O) groups is 3. The monoisotopic (exact) mass is 420 g/mol. The standard InChI is InChI=1S/C16H14N4O4.C2H4O3.H2O/c21-15(22)14(20-13-9-5-4-8-12(13)18-19-20)17-16(23)24-10-11-6-2-1-3-7-11;3-1-2(4)5;/h1-9,14H,10H2,(H,17,23)(H,21,22);3H,1H2,(H,4,5);1H2. The molecule has 0 aliphatic carbocycles. The minimum absolute atomic E-state index is 0. The second-order valence-electron chi connectivity index (χ2n) is 5.52. The molecule has 0 saturated heterocycles. The van der Waals surface area contributed by atoms with Gasteiger partial charge in [0.25, 0.3) is 0 Å². The smallest absolute Gasteiger partial charge is 0.409 e. The number of hydrogen-bond acceptors (Lipinski definition) is 7. The minimum atomic E-state index is -1.42. The average Bonchev–Trinajstić information content (AvgIpc) is 3.15. The van der Waals surface area contributed by atoms with E-state index < -0.39 is 30.8 Å². The van der Waals surface area contributed by atoms with Gasteiger partial charge < -0.3 is 25.5 Å². The summed E-state index contributed by atoms with van der Waals surface area (Å²) in [6.45, 7) is -0.739. The molecule has 1 amide bonds. The Balaban J connectivity index is 0.000000674. The first kappa shape index (κ1) is 24.0. The maximum atomic E-state index is 11.9. The van der Waals surface area contributed by atoms with Crippen molar-refractivity contribution in [1.29, 1.82) is 0 Å². The van der Waals surface area contributed by atoms with Gasteiger partial charge in [0.05, 0.1) is 5.52 Å². The number of amides is 1. The van der Waals surface area contributed by atoms with Crippen molar-refractivity contribution in [3.05, 3.63) is 60.2 Å². The van der Waals surface area contributed by atoms with Crippen LogP contribution in [0.3, 0.4) is 0 Å². The number of benzene rings is 2. The van der Waals surface area contributed by atoms with Crippen molar-refractivity contribution in [3.8, 4) is 0 Å². The average molecular weight is 420 g/mol. The van der Waals surface area contributed by atoms with E-state index in [-0.39, 0.29) is 12.1 Å². The van der Waals surface area contributed by atoms with Crippen molar-refractivity contribution in [2.24, 2.45) is 0 Å². The quantitative estimate of drug-likeness (QED) is 0.430. The molecule has 12 heteroatoms. The molecule has 1 unspecified atom stereocenters. The Morgan fingerprint density at radius 3 is 2.23 bits per heavy atom. The van der Waals surface area contributed by atoms with Gasteiger partial charge >= 0.3 is 18.0 Å². The van der Waals surface area contributed by atoms with Gasteiger partial charge in [-0.25, -0.2) is 19.1 Å². The number of carboxylic acid groups (broad SMARTS) is 2. The summed E-state index contributed by atoms with van der Waals surface area (Å²) in [4.78, 5) is 32.5. The van der Waals surface area contributed by atoms with Crippen LogP contribution in [0, 0.1) is 0 Å². The third kappa shape index (κ3) is 6.85. The second kappa shape index (κ2) is 11.7. The number of ether oxygens (including phenoxy) is 1. The normalized spacial score (nSPS) is 10.7. The fourth-order valence-corrected chi connectivity index (χ4v) is 2.18. The number of nitrogens with zero attached hydrogens (tertiary/aromatic N) is 3. The summed E-state index contributed by atoms with van der Waals surface area (Å²) in [6.07, 6.45) is -2.27. The molecule has 0 bridgehead atoms. The minimum Gasteiger partial charge on any atom is -0.480 e. The highest BCUT2D eigenvalue weighted by molar-refractivity contribution is 5.81. The fraction of sp³-hybridized carbons (Fsp3) is 0.167. The molecule has 1 aromatic heterocycles. The lowest BCUT2D eigenvalue weighted by Gasteiger charge is -2.15. The molecular formula is C18H20N4O8. The molecular weight excluding hydrogens is 400 g/mol. The highest BCUT2D eigenvalue weighted by Gasteiger charge is 2.25. The van der Waals surface area contributed by atoms with Crippen LogP contribution in [-0.2, 0) is 20.9 Å². The highest BCUT2D eigenvalue weighted by atomic mass is 16.5. The lowest BCUT2D eigenvalue weighted by molar-refractivity contribution is -0.142.